The van der Waals surface area contributed by atoms with Crippen LogP contribution in [-0.4, -0.2) is 124 Å². The molecule has 328 valence electrons. The molecule has 9 N–H and O–H groups in total. The van der Waals surface area contributed by atoms with Crippen molar-refractivity contribution in [1.82, 2.24) is 9.55 Å². The first-order valence-electron chi connectivity index (χ1n) is 20.5. The van der Waals surface area contributed by atoms with Crippen molar-refractivity contribution < 1.29 is 53.7 Å². The summed E-state index contributed by atoms with van der Waals surface area (Å²) in [5.41, 5.74) is 12.1. The summed E-state index contributed by atoms with van der Waals surface area (Å²) in [6, 6.07) is 17.0. The van der Waals surface area contributed by atoms with Crippen LogP contribution in [0.3, 0.4) is 0 Å². The fourth-order valence-corrected chi connectivity index (χ4v) is 8.08. The average molecular weight is 840 g/mol. The molecule has 3 aliphatic heterocycles. The van der Waals surface area contributed by atoms with E-state index in [0.717, 1.165) is 65.5 Å². The molecular formula is C42H57N5O13. The lowest BCUT2D eigenvalue weighted by atomic mass is 9.88. The first-order valence-corrected chi connectivity index (χ1v) is 20.5. The van der Waals surface area contributed by atoms with Gasteiger partial charge in [-0.25, -0.2) is 4.79 Å². The van der Waals surface area contributed by atoms with Gasteiger partial charge in [0.15, 0.2) is 12.5 Å². The molecule has 0 saturated carbocycles. The fraction of sp³-hybridized carbons (Fsp3) is 0.571. The number of hydrogen-bond donors (Lipinski definition) is 7. The number of nitrogens with two attached hydrogens (primary N) is 2. The number of aliphatic hydroxyl groups is 4. The van der Waals surface area contributed by atoms with Gasteiger partial charge in [-0.3, -0.25) is 23.9 Å². The van der Waals surface area contributed by atoms with E-state index in [-0.39, 0.29) is 24.9 Å². The number of carbonyl (C=O) groups excluding carboxylic acids is 2. The molecule has 3 aromatic rings. The van der Waals surface area contributed by atoms with Crippen LogP contribution >= 0.6 is 0 Å². The molecule has 2 aromatic carbocycles. The van der Waals surface area contributed by atoms with Gasteiger partial charge in [-0.1, -0.05) is 25.0 Å². The molecule has 18 heteroatoms. The predicted molar refractivity (Wildman–Crippen MR) is 216 cm³/mol. The van der Waals surface area contributed by atoms with Crippen LogP contribution in [0.5, 0.6) is 11.5 Å². The summed E-state index contributed by atoms with van der Waals surface area (Å²) in [5.74, 6) is -0.290. The van der Waals surface area contributed by atoms with Gasteiger partial charge in [0, 0.05) is 63.3 Å². The molecule has 3 aliphatic rings. The minimum Gasteiger partial charge on any atom is -0.497 e. The summed E-state index contributed by atoms with van der Waals surface area (Å²) in [6.45, 7) is 1.60. The number of aryl methyl sites for hydroxylation is 1. The Morgan fingerprint density at radius 2 is 1.57 bits per heavy atom. The van der Waals surface area contributed by atoms with Gasteiger partial charge in [0.25, 0.3) is 5.56 Å². The molecule has 0 spiro atoms. The van der Waals surface area contributed by atoms with Crippen molar-refractivity contribution in [3.8, 4) is 11.5 Å². The van der Waals surface area contributed by atoms with Crippen LogP contribution in [0.15, 0.2) is 70.4 Å². The first kappa shape index (κ1) is 44.9. The van der Waals surface area contributed by atoms with Crippen LogP contribution in [0.25, 0.3) is 0 Å². The number of amides is 1. The smallest absolute Gasteiger partial charge is 0.330 e. The Morgan fingerprint density at radius 1 is 0.867 bits per heavy atom. The second-order valence-corrected chi connectivity index (χ2v) is 15.6. The van der Waals surface area contributed by atoms with E-state index < -0.39 is 78.3 Å². The number of piperidine rings is 1. The van der Waals surface area contributed by atoms with Gasteiger partial charge in [-0.05, 0) is 61.2 Å². The van der Waals surface area contributed by atoms with Gasteiger partial charge in [0.05, 0.1) is 13.0 Å². The molecule has 0 aliphatic carbocycles. The molecule has 0 bridgehead atoms. The molecule has 10 unspecified atom stereocenters. The number of Topliss-reactive ketones (excluding diaryl/α,β-unsaturated/α-hetero) is 1. The van der Waals surface area contributed by atoms with E-state index in [2.05, 4.69) is 34.1 Å². The van der Waals surface area contributed by atoms with Crippen LogP contribution in [0.1, 0.15) is 63.2 Å². The largest absolute Gasteiger partial charge is 0.497 e. The van der Waals surface area contributed by atoms with Crippen molar-refractivity contribution in [2.45, 2.75) is 119 Å². The van der Waals surface area contributed by atoms with Crippen molar-refractivity contribution in [3.63, 3.8) is 0 Å². The Kier molecular flexibility index (Phi) is 15.5. The highest BCUT2D eigenvalue weighted by atomic mass is 16.7. The number of ether oxygens (including phenoxy) is 5. The topological polar surface area (TPSA) is 271 Å². The van der Waals surface area contributed by atoms with Gasteiger partial charge in [-0.2, -0.15) is 0 Å². The SMILES string of the molecule is COc1ccc(OC2CCN(c3ccc(CCC(=O)CCCCCC(C(N)=O)C(OC4OC(CN)C(O)C4O)C4OC(n5ccc(=O)[nH]c5=O)C(O)C4O)cc3)CC2)cc1. The standard InChI is InChI=1S/C42H57N5O13/c1-56-27-13-15-28(16-14-27)57-29-17-20-46(21-18-29)25-10-7-24(8-11-25)9-12-26(48)5-3-2-4-6-30(39(44)54)37(60-41-36(53)33(50)31(23-43)58-41)38-34(51)35(52)40(59-38)47-22-19-32(49)45-42(47)55/h7-8,10-11,13-16,19,22,29-31,33-38,40-41,50-53H,2-6,9,12,17-18,20-21,23,43H2,1H3,(H2,44,54)(H,45,49,55). The Labute approximate surface area is 346 Å². The molecule has 10 atom stereocenters. The van der Waals surface area contributed by atoms with E-state index in [4.69, 9.17) is 35.2 Å². The molecule has 3 saturated heterocycles. The predicted octanol–water partition coefficient (Wildman–Crippen LogP) is 0.257. The number of hydrogen-bond acceptors (Lipinski definition) is 15. The van der Waals surface area contributed by atoms with Crippen molar-refractivity contribution >= 4 is 17.4 Å². The van der Waals surface area contributed by atoms with Crippen molar-refractivity contribution in [2.75, 3.05) is 31.6 Å². The molecular weight excluding hydrogens is 782 g/mol. The number of ketones is 1. The van der Waals surface area contributed by atoms with Crippen molar-refractivity contribution in [3.05, 3.63) is 87.2 Å². The van der Waals surface area contributed by atoms with Crippen LogP contribution in [0, 0.1) is 5.92 Å². The number of primary amides is 1. The van der Waals surface area contributed by atoms with E-state index in [1.807, 2.05) is 24.3 Å². The Bertz CT molecular complexity index is 1970. The molecule has 18 nitrogen and oxygen atoms in total. The summed E-state index contributed by atoms with van der Waals surface area (Å²) in [7, 11) is 1.64. The third-order valence-corrected chi connectivity index (χ3v) is 11.6. The zero-order chi connectivity index (χ0) is 42.9. The third kappa shape index (κ3) is 11.0. The van der Waals surface area contributed by atoms with Crippen molar-refractivity contribution in [2.24, 2.45) is 17.4 Å². The number of methoxy groups -OCH3 is 1. The maximum Gasteiger partial charge on any atom is 0.330 e. The van der Waals surface area contributed by atoms with Gasteiger partial charge < -0.3 is 60.5 Å². The quantitative estimate of drug-likeness (QED) is 0.0752. The summed E-state index contributed by atoms with van der Waals surface area (Å²) in [4.78, 5) is 54.4. The van der Waals surface area contributed by atoms with Crippen LogP contribution in [0.4, 0.5) is 5.69 Å². The third-order valence-electron chi connectivity index (χ3n) is 11.6. The molecule has 4 heterocycles. The Hall–Kier alpha value is -4.66. The van der Waals surface area contributed by atoms with Gasteiger partial charge in [-0.15, -0.1) is 0 Å². The molecule has 1 aromatic heterocycles. The number of anilines is 1. The number of nitrogens with one attached hydrogen (secondary N) is 1. The lowest BCUT2D eigenvalue weighted by Gasteiger charge is -2.33. The molecule has 6 rings (SSSR count). The lowest BCUT2D eigenvalue weighted by Crippen LogP contribution is -2.50. The number of aliphatic hydroxyl groups excluding tert-OH is 4. The number of aromatic nitrogens is 2. The molecule has 1 amide bonds. The molecule has 0 radical (unpaired) electrons. The van der Waals surface area contributed by atoms with Crippen molar-refractivity contribution in [1.29, 1.82) is 0 Å². The van der Waals surface area contributed by atoms with E-state index >= 15 is 0 Å². The number of benzene rings is 2. The van der Waals surface area contributed by atoms with Gasteiger partial charge >= 0.3 is 5.69 Å². The number of carbonyl (C=O) groups is 2. The monoisotopic (exact) mass is 839 g/mol. The number of rotatable bonds is 20. The summed E-state index contributed by atoms with van der Waals surface area (Å²) < 4.78 is 29.8. The molecule has 3 fully saturated rings. The maximum absolute atomic E-state index is 13.0. The highest BCUT2D eigenvalue weighted by molar-refractivity contribution is 5.78. The number of H-pyrrole nitrogens is 1. The number of unbranched alkanes of at least 4 members (excludes halogenated alkanes) is 2. The summed E-state index contributed by atoms with van der Waals surface area (Å²) >= 11 is 0. The zero-order valence-electron chi connectivity index (χ0n) is 33.6. The minimum absolute atomic E-state index is 0.103. The van der Waals surface area contributed by atoms with E-state index in [0.29, 0.717) is 38.5 Å². The highest BCUT2D eigenvalue weighted by Gasteiger charge is 2.53. The van der Waals surface area contributed by atoms with E-state index in [9.17, 15) is 39.6 Å². The van der Waals surface area contributed by atoms with Crippen LogP contribution in [0.2, 0.25) is 0 Å². The maximum atomic E-state index is 13.0. The second kappa shape index (κ2) is 20.7. The van der Waals surface area contributed by atoms with Gasteiger partial charge in [0.2, 0.25) is 5.91 Å². The zero-order valence-corrected chi connectivity index (χ0v) is 33.6. The Balaban J connectivity index is 0.976. The normalized spacial score (nSPS) is 26.8. The highest BCUT2D eigenvalue weighted by Crippen LogP contribution is 2.37. The van der Waals surface area contributed by atoms with Gasteiger partial charge in [0.1, 0.15) is 66.1 Å². The lowest BCUT2D eigenvalue weighted by molar-refractivity contribution is -0.231. The average Bonchev–Trinajstić information content (AvgIpc) is 3.69. The number of aromatic amines is 1. The summed E-state index contributed by atoms with van der Waals surface area (Å²) in [5, 5.41) is 43.2. The fourth-order valence-electron chi connectivity index (χ4n) is 8.08. The van der Waals surface area contributed by atoms with E-state index in [1.54, 1.807) is 7.11 Å². The minimum atomic E-state index is -1.73. The second-order valence-electron chi connectivity index (χ2n) is 15.6. The summed E-state index contributed by atoms with van der Waals surface area (Å²) in [6.07, 6.45) is -7.42. The van der Waals surface area contributed by atoms with E-state index in [1.165, 1.54) is 0 Å². The van der Waals surface area contributed by atoms with Crippen LogP contribution in [-0.2, 0) is 30.2 Å². The first-order chi connectivity index (χ1) is 28.9. The van der Waals surface area contributed by atoms with Crippen LogP contribution < -0.4 is 37.1 Å². The molecule has 60 heavy (non-hydrogen) atoms. The Morgan fingerprint density at radius 3 is 2.20 bits per heavy atom. The number of nitrogens with zero attached hydrogens (tertiary/aromatic N) is 2.